The molecule has 0 saturated heterocycles. The van der Waals surface area contributed by atoms with Crippen molar-refractivity contribution in [3.05, 3.63) is 30.3 Å². The van der Waals surface area contributed by atoms with Crippen LogP contribution in [-0.2, 0) is 4.43 Å². The molecule has 0 aromatic heterocycles. The molecular formula is C15H25BrO2Si. The summed E-state index contributed by atoms with van der Waals surface area (Å²) in [5, 5.41) is 0. The maximum atomic E-state index is 6.01. The number of benzene rings is 1. The molecule has 0 saturated carbocycles. The van der Waals surface area contributed by atoms with Crippen molar-refractivity contribution in [2.75, 3.05) is 7.11 Å². The molecule has 0 aliphatic heterocycles. The van der Waals surface area contributed by atoms with Crippen LogP contribution in [0.15, 0.2) is 30.3 Å². The highest BCUT2D eigenvalue weighted by Gasteiger charge is 2.35. The zero-order valence-electron chi connectivity index (χ0n) is 12.0. The van der Waals surface area contributed by atoms with Crippen molar-refractivity contribution >= 4 is 22.5 Å². The molecule has 19 heavy (non-hydrogen) atoms. The van der Waals surface area contributed by atoms with Gasteiger partial charge in [0.15, 0.2) is 0 Å². The Morgan fingerprint density at radius 1 is 1.00 bits per heavy atom. The third-order valence-electron chi connectivity index (χ3n) is 3.15. The van der Waals surface area contributed by atoms with E-state index >= 15 is 0 Å². The van der Waals surface area contributed by atoms with Crippen LogP contribution in [0.2, 0.25) is 6.04 Å². The van der Waals surface area contributed by atoms with E-state index in [4.69, 9.17) is 8.85 Å². The molecule has 0 fully saturated rings. The summed E-state index contributed by atoms with van der Waals surface area (Å²) < 4.78 is 11.6. The fraction of sp³-hybridized carbons (Fsp3) is 0.600. The second-order valence-corrected chi connectivity index (χ2v) is 10.9. The van der Waals surface area contributed by atoms with E-state index in [-0.39, 0.29) is 0 Å². The predicted octanol–water partition coefficient (Wildman–Crippen LogP) is 5.41. The lowest BCUT2D eigenvalue weighted by molar-refractivity contribution is 0.324. The van der Waals surface area contributed by atoms with Gasteiger partial charge in [-0.05, 0) is 33.8 Å². The van der Waals surface area contributed by atoms with Gasteiger partial charge in [-0.3, -0.25) is 0 Å². The van der Waals surface area contributed by atoms with Crippen LogP contribution in [0.25, 0.3) is 0 Å². The number of para-hydroxylation sites is 1. The molecule has 0 amide bonds. The summed E-state index contributed by atoms with van der Waals surface area (Å²) in [5.41, 5.74) is 0. The van der Waals surface area contributed by atoms with E-state index in [2.05, 4.69) is 22.2 Å². The lowest BCUT2D eigenvalue weighted by atomic mass is 10.1. The first kappa shape index (κ1) is 16.7. The molecule has 4 heteroatoms. The van der Waals surface area contributed by atoms with Crippen molar-refractivity contribution in [3.8, 4) is 5.75 Å². The van der Waals surface area contributed by atoms with Crippen molar-refractivity contribution in [2.24, 2.45) is 0 Å². The minimum Gasteiger partial charge on any atom is -0.513 e. The van der Waals surface area contributed by atoms with Gasteiger partial charge in [0.05, 0.1) is 0 Å². The summed E-state index contributed by atoms with van der Waals surface area (Å²) in [6.07, 6.45) is 7.75. The van der Waals surface area contributed by atoms with Crippen LogP contribution < -0.4 is 4.43 Å². The second-order valence-electron chi connectivity index (χ2n) is 4.80. The molecule has 0 spiro atoms. The molecule has 0 heterocycles. The molecule has 1 atom stereocenters. The molecule has 1 rings (SSSR count). The Morgan fingerprint density at radius 3 is 2.26 bits per heavy atom. The van der Waals surface area contributed by atoms with Gasteiger partial charge in [-0.2, -0.15) is 0 Å². The van der Waals surface area contributed by atoms with Gasteiger partial charge in [-0.15, -0.1) is 0 Å². The van der Waals surface area contributed by atoms with E-state index in [9.17, 15) is 0 Å². The fourth-order valence-corrected chi connectivity index (χ4v) is 4.93. The smallest absolute Gasteiger partial charge is 0.475 e. The average molecular weight is 345 g/mol. The van der Waals surface area contributed by atoms with Crippen LogP contribution in [-0.4, -0.2) is 14.3 Å². The van der Waals surface area contributed by atoms with Crippen LogP contribution in [0.3, 0.4) is 0 Å². The Kier molecular flexibility index (Phi) is 8.42. The lowest BCUT2D eigenvalue weighted by Gasteiger charge is -2.23. The predicted molar refractivity (Wildman–Crippen MR) is 86.9 cm³/mol. The van der Waals surface area contributed by atoms with Gasteiger partial charge in [0.25, 0.3) is 0 Å². The normalized spacial score (nSPS) is 14.1. The van der Waals surface area contributed by atoms with Crippen LogP contribution in [0.1, 0.15) is 45.4 Å². The lowest BCUT2D eigenvalue weighted by Crippen LogP contribution is -2.37. The van der Waals surface area contributed by atoms with Crippen molar-refractivity contribution in [3.63, 3.8) is 0 Å². The van der Waals surface area contributed by atoms with Crippen LogP contribution in [0, 0.1) is 0 Å². The van der Waals surface area contributed by atoms with Crippen molar-refractivity contribution in [2.45, 2.75) is 51.5 Å². The van der Waals surface area contributed by atoms with Gasteiger partial charge in [-0.1, -0.05) is 57.2 Å². The first-order valence-corrected chi connectivity index (χ1v) is 11.5. The molecule has 0 N–H and O–H groups in total. The van der Waals surface area contributed by atoms with E-state index < -0.39 is 7.18 Å². The maximum absolute atomic E-state index is 6.01. The molecule has 0 bridgehead atoms. The fourth-order valence-electron chi connectivity index (χ4n) is 1.98. The van der Waals surface area contributed by atoms with E-state index in [1.165, 1.54) is 38.5 Å². The summed E-state index contributed by atoms with van der Waals surface area (Å²) in [6.45, 7) is 2.25. The maximum Gasteiger partial charge on any atom is 0.475 e. The molecule has 0 radical (unpaired) electrons. The summed E-state index contributed by atoms with van der Waals surface area (Å²) in [6, 6.07) is 10.9. The molecule has 1 aromatic carbocycles. The molecule has 1 unspecified atom stereocenters. The Bertz CT molecular complexity index is 334. The summed E-state index contributed by atoms with van der Waals surface area (Å²) in [7, 11) is -0.483. The Hall–Kier alpha value is -0.323. The topological polar surface area (TPSA) is 18.5 Å². The SMILES string of the molecule is CCCCCCCC[Si](Br)(OC)Oc1ccccc1. The monoisotopic (exact) mass is 344 g/mol. The molecule has 1 aromatic rings. The van der Waals surface area contributed by atoms with Gasteiger partial charge in [0, 0.05) is 13.2 Å². The number of hydrogen-bond donors (Lipinski definition) is 0. The summed E-state index contributed by atoms with van der Waals surface area (Å²) in [4.78, 5) is 0. The Morgan fingerprint density at radius 2 is 1.63 bits per heavy atom. The first-order chi connectivity index (χ1) is 9.20. The van der Waals surface area contributed by atoms with Gasteiger partial charge in [0.1, 0.15) is 5.75 Å². The number of halogens is 1. The molecule has 0 aliphatic carbocycles. The Labute approximate surface area is 126 Å². The number of hydrogen-bond acceptors (Lipinski definition) is 2. The highest BCUT2D eigenvalue weighted by atomic mass is 79.9. The highest BCUT2D eigenvalue weighted by molar-refractivity contribution is 9.25. The molecule has 2 nitrogen and oxygen atoms in total. The van der Waals surface area contributed by atoms with Crippen LogP contribution in [0.4, 0.5) is 0 Å². The minimum absolute atomic E-state index is 0.888. The van der Waals surface area contributed by atoms with E-state index in [0.717, 1.165) is 11.8 Å². The van der Waals surface area contributed by atoms with Gasteiger partial charge < -0.3 is 8.85 Å². The number of unbranched alkanes of at least 4 members (excludes halogenated alkanes) is 5. The van der Waals surface area contributed by atoms with Crippen molar-refractivity contribution < 1.29 is 8.85 Å². The third kappa shape index (κ3) is 7.13. The zero-order chi connectivity index (χ0) is 14.0. The minimum atomic E-state index is -2.22. The van der Waals surface area contributed by atoms with Gasteiger partial charge >= 0.3 is 7.18 Å². The molecule has 0 aliphatic rings. The second kappa shape index (κ2) is 9.56. The third-order valence-corrected chi connectivity index (χ3v) is 7.89. The zero-order valence-corrected chi connectivity index (χ0v) is 14.6. The van der Waals surface area contributed by atoms with E-state index in [1.807, 2.05) is 30.3 Å². The molecular weight excluding hydrogens is 320 g/mol. The first-order valence-electron chi connectivity index (χ1n) is 7.18. The number of rotatable bonds is 10. The molecule has 108 valence electrons. The largest absolute Gasteiger partial charge is 0.513 e. The van der Waals surface area contributed by atoms with E-state index in [1.54, 1.807) is 7.11 Å². The summed E-state index contributed by atoms with van der Waals surface area (Å²) >= 11 is 3.70. The quantitative estimate of drug-likeness (QED) is 0.321. The summed E-state index contributed by atoms with van der Waals surface area (Å²) in [5.74, 6) is 0.888. The van der Waals surface area contributed by atoms with Crippen molar-refractivity contribution in [1.29, 1.82) is 0 Å². The highest BCUT2D eigenvalue weighted by Crippen LogP contribution is 2.26. The van der Waals surface area contributed by atoms with Crippen LogP contribution >= 0.6 is 15.3 Å². The van der Waals surface area contributed by atoms with E-state index in [0.29, 0.717) is 0 Å². The average Bonchev–Trinajstić information content (AvgIpc) is 2.44. The standard InChI is InChI=1S/C15H25BrO2Si/c1-3-4-5-6-7-11-14-19(16,17-2)18-15-12-9-8-10-13-15/h8-10,12-13H,3-7,11,14H2,1-2H3. The Balaban J connectivity index is 2.30. The van der Waals surface area contributed by atoms with Gasteiger partial charge in [0.2, 0.25) is 0 Å². The van der Waals surface area contributed by atoms with Crippen LogP contribution in [0.5, 0.6) is 5.75 Å². The van der Waals surface area contributed by atoms with Gasteiger partial charge in [-0.25, -0.2) is 0 Å². The van der Waals surface area contributed by atoms with Crippen molar-refractivity contribution in [1.82, 2.24) is 0 Å².